The lowest BCUT2D eigenvalue weighted by molar-refractivity contribution is 0.0313. The highest BCUT2D eigenvalue weighted by Crippen LogP contribution is 2.36. The van der Waals surface area contributed by atoms with E-state index in [1.807, 2.05) is 13.0 Å². The molecule has 23 heavy (non-hydrogen) atoms. The smallest absolute Gasteiger partial charge is 0.0994 e. The Morgan fingerprint density at radius 1 is 1.35 bits per heavy atom. The van der Waals surface area contributed by atoms with Gasteiger partial charge in [-0.1, -0.05) is 6.92 Å². The highest BCUT2D eigenvalue weighted by atomic mass is 16.5. The number of morpholine rings is 1. The predicted octanol–water partition coefficient (Wildman–Crippen LogP) is 1.93. The Morgan fingerprint density at radius 2 is 2.04 bits per heavy atom. The summed E-state index contributed by atoms with van der Waals surface area (Å²) in [6.07, 6.45) is 2.81. The summed E-state index contributed by atoms with van der Waals surface area (Å²) in [7, 11) is 0. The van der Waals surface area contributed by atoms with E-state index in [1.165, 1.54) is 11.1 Å². The van der Waals surface area contributed by atoms with Gasteiger partial charge in [-0.25, -0.2) is 4.99 Å². The minimum Gasteiger partial charge on any atom is -0.387 e. The van der Waals surface area contributed by atoms with Crippen LogP contribution in [0.15, 0.2) is 17.1 Å². The van der Waals surface area contributed by atoms with Crippen LogP contribution in [0, 0.1) is 5.92 Å². The van der Waals surface area contributed by atoms with Crippen molar-refractivity contribution in [1.29, 1.82) is 0 Å². The second-order valence-electron chi connectivity index (χ2n) is 6.39. The third-order valence-corrected chi connectivity index (χ3v) is 4.70. The maximum Gasteiger partial charge on any atom is 0.0994 e. The first kappa shape index (κ1) is 16.2. The zero-order chi connectivity index (χ0) is 16.2. The molecule has 1 fully saturated rings. The molecule has 0 aromatic heterocycles. The van der Waals surface area contributed by atoms with Gasteiger partial charge in [-0.2, -0.15) is 0 Å². The largest absolute Gasteiger partial charge is 0.387 e. The van der Waals surface area contributed by atoms with Gasteiger partial charge >= 0.3 is 0 Å². The van der Waals surface area contributed by atoms with Crippen molar-refractivity contribution in [2.24, 2.45) is 16.6 Å². The van der Waals surface area contributed by atoms with Crippen molar-refractivity contribution < 1.29 is 9.94 Å². The SMILES string of the molecule is CCC(N)=Nc1cc2c(cc1NO)CC(CN1CCOCC1)C2. The molecule has 1 unspecified atom stereocenters. The highest BCUT2D eigenvalue weighted by Gasteiger charge is 2.25. The Labute approximate surface area is 137 Å². The number of amidine groups is 1. The number of ether oxygens (including phenoxy) is 1. The Morgan fingerprint density at radius 3 is 2.70 bits per heavy atom. The number of rotatable bonds is 5. The number of anilines is 1. The molecule has 6 nitrogen and oxygen atoms in total. The summed E-state index contributed by atoms with van der Waals surface area (Å²) in [6, 6.07) is 4.08. The van der Waals surface area contributed by atoms with E-state index >= 15 is 0 Å². The Balaban J connectivity index is 1.73. The van der Waals surface area contributed by atoms with Gasteiger partial charge in [0.1, 0.15) is 0 Å². The molecule has 6 heteroatoms. The van der Waals surface area contributed by atoms with Crippen molar-refractivity contribution in [3.8, 4) is 0 Å². The molecule has 1 aromatic carbocycles. The van der Waals surface area contributed by atoms with Crippen molar-refractivity contribution in [2.45, 2.75) is 26.2 Å². The van der Waals surface area contributed by atoms with E-state index in [2.05, 4.69) is 21.4 Å². The Hall–Kier alpha value is -1.63. The summed E-state index contributed by atoms with van der Waals surface area (Å²) in [5.41, 5.74) is 12.1. The number of hydrogen-bond acceptors (Lipinski definition) is 5. The van der Waals surface area contributed by atoms with Crippen LogP contribution in [-0.4, -0.2) is 48.8 Å². The van der Waals surface area contributed by atoms with Crippen LogP contribution in [0.25, 0.3) is 0 Å². The average Bonchev–Trinajstić information content (AvgIpc) is 2.95. The molecule has 1 heterocycles. The molecule has 0 radical (unpaired) electrons. The Bertz CT molecular complexity index is 582. The van der Waals surface area contributed by atoms with Crippen molar-refractivity contribution in [2.75, 3.05) is 38.3 Å². The van der Waals surface area contributed by atoms with Crippen LogP contribution >= 0.6 is 0 Å². The summed E-state index contributed by atoms with van der Waals surface area (Å²) in [5, 5.41) is 9.38. The van der Waals surface area contributed by atoms with Gasteiger partial charge in [-0.3, -0.25) is 15.6 Å². The van der Waals surface area contributed by atoms with Crippen LogP contribution in [0.1, 0.15) is 24.5 Å². The summed E-state index contributed by atoms with van der Waals surface area (Å²) in [6.45, 7) is 6.81. The van der Waals surface area contributed by atoms with Gasteiger partial charge in [0.05, 0.1) is 30.4 Å². The lowest BCUT2D eigenvalue weighted by Gasteiger charge is -2.28. The summed E-state index contributed by atoms with van der Waals surface area (Å²) >= 11 is 0. The first-order chi connectivity index (χ1) is 11.2. The van der Waals surface area contributed by atoms with Gasteiger partial charge in [-0.15, -0.1) is 0 Å². The summed E-state index contributed by atoms with van der Waals surface area (Å²) in [4.78, 5) is 6.90. The number of aliphatic imine (C=N–C) groups is 1. The van der Waals surface area contributed by atoms with E-state index in [-0.39, 0.29) is 0 Å². The standard InChI is InChI=1S/C17H26N4O2/c1-2-17(18)19-15-9-13-7-12(8-14(13)10-16(15)20-22)11-21-3-5-23-6-4-21/h9-10,12,20,22H,2-8,11H2,1H3,(H2,18,19). The van der Waals surface area contributed by atoms with Crippen LogP contribution in [0.3, 0.4) is 0 Å². The molecule has 126 valence electrons. The topological polar surface area (TPSA) is 83.1 Å². The van der Waals surface area contributed by atoms with E-state index in [0.717, 1.165) is 51.4 Å². The van der Waals surface area contributed by atoms with Gasteiger partial charge in [0.25, 0.3) is 0 Å². The molecule has 3 rings (SSSR count). The van der Waals surface area contributed by atoms with Crippen LogP contribution in [0.5, 0.6) is 0 Å². The van der Waals surface area contributed by atoms with Gasteiger partial charge in [0.2, 0.25) is 0 Å². The molecule has 1 aliphatic carbocycles. The summed E-state index contributed by atoms with van der Waals surface area (Å²) in [5.74, 6) is 1.20. The zero-order valence-electron chi connectivity index (χ0n) is 13.7. The fourth-order valence-electron chi connectivity index (χ4n) is 3.44. The quantitative estimate of drug-likeness (QED) is 0.439. The molecule has 2 aliphatic rings. The maximum absolute atomic E-state index is 9.38. The van der Waals surface area contributed by atoms with E-state index < -0.39 is 0 Å². The Kier molecular flexibility index (Phi) is 5.15. The second-order valence-corrected chi connectivity index (χ2v) is 6.39. The maximum atomic E-state index is 9.38. The van der Waals surface area contributed by atoms with Crippen molar-refractivity contribution >= 4 is 17.2 Å². The van der Waals surface area contributed by atoms with Crippen molar-refractivity contribution in [3.05, 3.63) is 23.3 Å². The number of hydrogen-bond donors (Lipinski definition) is 3. The minimum absolute atomic E-state index is 0.573. The summed E-state index contributed by atoms with van der Waals surface area (Å²) < 4.78 is 5.42. The highest BCUT2D eigenvalue weighted by molar-refractivity contribution is 5.85. The lowest BCUT2D eigenvalue weighted by atomic mass is 10.1. The van der Waals surface area contributed by atoms with Gasteiger partial charge in [-0.05, 0) is 42.0 Å². The van der Waals surface area contributed by atoms with Gasteiger partial charge in [0.15, 0.2) is 0 Å². The molecule has 1 atom stereocenters. The third kappa shape index (κ3) is 3.83. The lowest BCUT2D eigenvalue weighted by Crippen LogP contribution is -2.39. The fourth-order valence-corrected chi connectivity index (χ4v) is 3.44. The molecule has 0 saturated carbocycles. The second kappa shape index (κ2) is 7.29. The fraction of sp³-hybridized carbons (Fsp3) is 0.588. The molecule has 4 N–H and O–H groups in total. The van der Waals surface area contributed by atoms with E-state index in [4.69, 9.17) is 10.5 Å². The van der Waals surface area contributed by atoms with Crippen LogP contribution in [-0.2, 0) is 17.6 Å². The van der Waals surface area contributed by atoms with Gasteiger partial charge < -0.3 is 10.5 Å². The first-order valence-electron chi connectivity index (χ1n) is 8.38. The van der Waals surface area contributed by atoms with Gasteiger partial charge in [0, 0.05) is 26.1 Å². The minimum atomic E-state index is 0.573. The molecule has 0 bridgehead atoms. The molecular formula is C17H26N4O2. The first-order valence-corrected chi connectivity index (χ1v) is 8.38. The van der Waals surface area contributed by atoms with Crippen LogP contribution in [0.2, 0.25) is 0 Å². The molecular weight excluding hydrogens is 292 g/mol. The molecule has 1 aromatic rings. The van der Waals surface area contributed by atoms with E-state index in [1.54, 1.807) is 0 Å². The van der Waals surface area contributed by atoms with Crippen LogP contribution in [0.4, 0.5) is 11.4 Å². The predicted molar refractivity (Wildman–Crippen MR) is 91.6 cm³/mol. The third-order valence-electron chi connectivity index (χ3n) is 4.70. The molecule has 1 aliphatic heterocycles. The number of nitrogens with two attached hydrogens (primary N) is 1. The number of benzene rings is 1. The van der Waals surface area contributed by atoms with Crippen molar-refractivity contribution in [1.82, 2.24) is 4.90 Å². The number of nitrogens with zero attached hydrogens (tertiary/aromatic N) is 2. The monoisotopic (exact) mass is 318 g/mol. The molecule has 0 spiro atoms. The zero-order valence-corrected chi connectivity index (χ0v) is 13.7. The normalized spacial score (nSPS) is 22.2. The van der Waals surface area contributed by atoms with Crippen molar-refractivity contribution in [3.63, 3.8) is 0 Å². The molecule has 0 amide bonds. The van der Waals surface area contributed by atoms with Crippen LogP contribution < -0.4 is 11.2 Å². The number of fused-ring (bicyclic) bond motifs is 1. The average molecular weight is 318 g/mol. The van der Waals surface area contributed by atoms with E-state index in [0.29, 0.717) is 23.9 Å². The van der Waals surface area contributed by atoms with E-state index in [9.17, 15) is 5.21 Å². The molecule has 1 saturated heterocycles. The number of nitrogens with one attached hydrogen (secondary N) is 1.